The third-order valence-corrected chi connectivity index (χ3v) is 2.70. The summed E-state index contributed by atoms with van der Waals surface area (Å²) in [6.45, 7) is 1.36. The third kappa shape index (κ3) is 2.79. The number of nitrogens with zero attached hydrogens (tertiary/aromatic N) is 3. The largest absolute Gasteiger partial charge is 0.355 e. The second-order valence-electron chi connectivity index (χ2n) is 3.90. The van der Waals surface area contributed by atoms with Crippen LogP contribution in [-0.4, -0.2) is 17.0 Å². The van der Waals surface area contributed by atoms with Crippen molar-refractivity contribution in [3.8, 4) is 0 Å². The van der Waals surface area contributed by atoms with Crippen LogP contribution in [0.1, 0.15) is 11.1 Å². The number of benzene rings is 1. The summed E-state index contributed by atoms with van der Waals surface area (Å²) in [6.07, 6.45) is 3.30. The molecule has 2 rings (SSSR count). The highest BCUT2D eigenvalue weighted by molar-refractivity contribution is 5.38. The lowest BCUT2D eigenvalue weighted by atomic mass is 10.1. The van der Waals surface area contributed by atoms with Gasteiger partial charge in [-0.05, 0) is 17.2 Å². The van der Waals surface area contributed by atoms with Gasteiger partial charge in [-0.1, -0.05) is 24.3 Å². The summed E-state index contributed by atoms with van der Waals surface area (Å²) in [5.41, 5.74) is 8.13. The molecule has 0 saturated carbocycles. The second-order valence-corrected chi connectivity index (χ2v) is 3.90. The van der Waals surface area contributed by atoms with E-state index in [1.165, 1.54) is 11.1 Å². The van der Waals surface area contributed by atoms with Crippen molar-refractivity contribution in [1.82, 2.24) is 9.97 Å². The van der Waals surface area contributed by atoms with E-state index < -0.39 is 0 Å². The third-order valence-electron chi connectivity index (χ3n) is 2.70. The lowest BCUT2D eigenvalue weighted by Crippen LogP contribution is -2.19. The molecule has 0 aliphatic rings. The van der Waals surface area contributed by atoms with Crippen LogP contribution in [0.5, 0.6) is 0 Å². The minimum absolute atomic E-state index is 0.563. The zero-order valence-electron chi connectivity index (χ0n) is 9.87. The monoisotopic (exact) mass is 228 g/mol. The maximum atomic E-state index is 5.72. The number of aromatic nitrogens is 2. The Morgan fingerprint density at radius 2 is 1.94 bits per heavy atom. The summed E-state index contributed by atoms with van der Waals surface area (Å²) in [5.74, 6) is 0.909. The van der Waals surface area contributed by atoms with E-state index in [4.69, 9.17) is 5.73 Å². The van der Waals surface area contributed by atoms with Crippen LogP contribution in [-0.2, 0) is 13.1 Å². The van der Waals surface area contributed by atoms with Gasteiger partial charge in [-0.15, -0.1) is 0 Å². The van der Waals surface area contributed by atoms with Crippen molar-refractivity contribution >= 4 is 5.82 Å². The van der Waals surface area contributed by atoms with E-state index in [1.807, 2.05) is 25.2 Å². The van der Waals surface area contributed by atoms with Gasteiger partial charge in [-0.2, -0.15) is 0 Å². The molecule has 0 spiro atoms. The molecule has 0 amide bonds. The Morgan fingerprint density at radius 1 is 1.18 bits per heavy atom. The van der Waals surface area contributed by atoms with Gasteiger partial charge in [0.25, 0.3) is 0 Å². The van der Waals surface area contributed by atoms with Gasteiger partial charge in [0, 0.05) is 26.3 Å². The van der Waals surface area contributed by atoms with Gasteiger partial charge in [-0.3, -0.25) is 0 Å². The molecule has 1 heterocycles. The van der Waals surface area contributed by atoms with E-state index in [9.17, 15) is 0 Å². The molecule has 1 aromatic heterocycles. The Balaban J connectivity index is 2.16. The number of hydrogen-bond acceptors (Lipinski definition) is 4. The zero-order valence-corrected chi connectivity index (χ0v) is 9.87. The van der Waals surface area contributed by atoms with Crippen LogP contribution >= 0.6 is 0 Å². The van der Waals surface area contributed by atoms with Crippen LogP contribution in [0, 0.1) is 0 Å². The van der Waals surface area contributed by atoms with Crippen molar-refractivity contribution in [3.63, 3.8) is 0 Å². The quantitative estimate of drug-likeness (QED) is 0.863. The molecular formula is C13H16N4. The Kier molecular flexibility index (Phi) is 3.67. The fourth-order valence-electron chi connectivity index (χ4n) is 1.76. The van der Waals surface area contributed by atoms with Gasteiger partial charge < -0.3 is 10.6 Å². The first kappa shape index (κ1) is 11.5. The molecule has 1 aromatic carbocycles. The predicted octanol–water partition coefficient (Wildman–Crippen LogP) is 1.57. The molecule has 0 atom stereocenters. The smallest absolute Gasteiger partial charge is 0.131 e. The molecule has 2 N–H and O–H groups in total. The molecule has 17 heavy (non-hydrogen) atoms. The van der Waals surface area contributed by atoms with Crippen LogP contribution in [0.3, 0.4) is 0 Å². The van der Waals surface area contributed by atoms with Crippen molar-refractivity contribution < 1.29 is 0 Å². The fourth-order valence-corrected chi connectivity index (χ4v) is 1.76. The lowest BCUT2D eigenvalue weighted by molar-refractivity contribution is 0.871. The molecule has 0 unspecified atom stereocenters. The summed E-state index contributed by atoms with van der Waals surface area (Å²) < 4.78 is 0. The first-order chi connectivity index (χ1) is 8.31. The molecule has 0 fully saturated rings. The summed E-state index contributed by atoms with van der Waals surface area (Å²) in [5, 5.41) is 0. The Hall–Kier alpha value is -1.94. The maximum absolute atomic E-state index is 5.72. The molecule has 0 saturated heterocycles. The Bertz CT molecular complexity index is 470. The minimum atomic E-state index is 0.563. The van der Waals surface area contributed by atoms with Gasteiger partial charge >= 0.3 is 0 Å². The molecule has 0 bridgehead atoms. The van der Waals surface area contributed by atoms with Crippen LogP contribution in [0.15, 0.2) is 42.9 Å². The van der Waals surface area contributed by atoms with Crippen molar-refractivity contribution in [2.24, 2.45) is 5.73 Å². The second kappa shape index (κ2) is 5.41. The molecular weight excluding hydrogens is 212 g/mol. The maximum Gasteiger partial charge on any atom is 0.131 e. The lowest BCUT2D eigenvalue weighted by Gasteiger charge is -2.19. The molecule has 88 valence electrons. The highest BCUT2D eigenvalue weighted by atomic mass is 15.2. The molecule has 0 radical (unpaired) electrons. The molecule has 4 nitrogen and oxygen atoms in total. The standard InChI is InChI=1S/C13H16N4/c1-17(13-6-7-15-10-16-13)9-12-5-3-2-4-11(12)8-14/h2-7,10H,8-9,14H2,1H3. The summed E-state index contributed by atoms with van der Waals surface area (Å²) in [7, 11) is 2.01. The van der Waals surface area contributed by atoms with E-state index >= 15 is 0 Å². The highest BCUT2D eigenvalue weighted by Gasteiger charge is 2.05. The van der Waals surface area contributed by atoms with Crippen molar-refractivity contribution in [3.05, 3.63) is 54.0 Å². The van der Waals surface area contributed by atoms with E-state index in [1.54, 1.807) is 12.5 Å². The minimum Gasteiger partial charge on any atom is -0.355 e. The summed E-state index contributed by atoms with van der Waals surface area (Å²) >= 11 is 0. The van der Waals surface area contributed by atoms with E-state index in [-0.39, 0.29) is 0 Å². The molecule has 0 aliphatic heterocycles. The zero-order chi connectivity index (χ0) is 12.1. The van der Waals surface area contributed by atoms with Crippen LogP contribution in [0.25, 0.3) is 0 Å². The fraction of sp³-hybridized carbons (Fsp3) is 0.231. The molecule has 2 aromatic rings. The average Bonchev–Trinajstić information content (AvgIpc) is 2.40. The van der Waals surface area contributed by atoms with Gasteiger partial charge in [0.1, 0.15) is 12.1 Å². The van der Waals surface area contributed by atoms with Crippen molar-refractivity contribution in [2.45, 2.75) is 13.1 Å². The van der Waals surface area contributed by atoms with E-state index in [0.29, 0.717) is 6.54 Å². The van der Waals surface area contributed by atoms with Crippen molar-refractivity contribution in [2.75, 3.05) is 11.9 Å². The predicted molar refractivity (Wildman–Crippen MR) is 68.5 cm³/mol. The summed E-state index contributed by atoms with van der Waals surface area (Å²) in [6, 6.07) is 10.1. The highest BCUT2D eigenvalue weighted by Crippen LogP contribution is 2.14. The molecule has 4 heteroatoms. The van der Waals surface area contributed by atoms with Crippen LogP contribution < -0.4 is 10.6 Å². The normalized spacial score (nSPS) is 10.2. The molecule has 0 aliphatic carbocycles. The first-order valence-electron chi connectivity index (χ1n) is 5.55. The first-order valence-corrected chi connectivity index (χ1v) is 5.55. The van der Waals surface area contributed by atoms with E-state index in [0.717, 1.165) is 12.4 Å². The van der Waals surface area contributed by atoms with Crippen molar-refractivity contribution in [1.29, 1.82) is 0 Å². The SMILES string of the molecule is CN(Cc1ccccc1CN)c1ccncn1. The van der Waals surface area contributed by atoms with Gasteiger partial charge in [0.2, 0.25) is 0 Å². The van der Waals surface area contributed by atoms with E-state index in [2.05, 4.69) is 27.0 Å². The van der Waals surface area contributed by atoms with Gasteiger partial charge in [0.05, 0.1) is 0 Å². The number of rotatable bonds is 4. The topological polar surface area (TPSA) is 55.0 Å². The Labute approximate surface area is 101 Å². The number of anilines is 1. The number of nitrogens with two attached hydrogens (primary N) is 1. The Morgan fingerprint density at radius 3 is 2.59 bits per heavy atom. The number of hydrogen-bond donors (Lipinski definition) is 1. The van der Waals surface area contributed by atoms with Gasteiger partial charge in [-0.25, -0.2) is 9.97 Å². The summed E-state index contributed by atoms with van der Waals surface area (Å²) in [4.78, 5) is 10.2. The van der Waals surface area contributed by atoms with Crippen LogP contribution in [0.2, 0.25) is 0 Å². The van der Waals surface area contributed by atoms with Crippen LogP contribution in [0.4, 0.5) is 5.82 Å². The average molecular weight is 228 g/mol. The van der Waals surface area contributed by atoms with Gasteiger partial charge in [0.15, 0.2) is 0 Å².